The first-order valence-corrected chi connectivity index (χ1v) is 7.68. The average Bonchev–Trinajstić information content (AvgIpc) is 2.54. The number of aromatic amines is 1. The van der Waals surface area contributed by atoms with Crippen LogP contribution in [0.4, 0.5) is 0 Å². The third-order valence-corrected chi connectivity index (χ3v) is 3.79. The molecule has 0 atom stereocenters. The first kappa shape index (κ1) is 15.5. The van der Waals surface area contributed by atoms with Gasteiger partial charge >= 0.3 is 5.69 Å². The molecule has 2 N–H and O–H groups in total. The largest absolute Gasteiger partial charge is 0.328 e. The van der Waals surface area contributed by atoms with Gasteiger partial charge in [0, 0.05) is 6.54 Å². The van der Waals surface area contributed by atoms with Gasteiger partial charge in [-0.05, 0) is 44.0 Å². The Balaban J connectivity index is 0.000000774. The second-order valence-corrected chi connectivity index (χ2v) is 5.08. The highest BCUT2D eigenvalue weighted by atomic mass is 16.2. The summed E-state index contributed by atoms with van der Waals surface area (Å²) in [4.78, 5) is 27.2. The quantitative estimate of drug-likeness (QED) is 0.884. The number of benzene rings is 1. The minimum absolute atomic E-state index is 0.183. The molecule has 5 heteroatoms. The molecule has 2 heterocycles. The molecule has 1 saturated heterocycles. The Morgan fingerprint density at radius 3 is 2.52 bits per heavy atom. The van der Waals surface area contributed by atoms with Gasteiger partial charge in [0.1, 0.15) is 0 Å². The van der Waals surface area contributed by atoms with Gasteiger partial charge in [0.05, 0.1) is 10.9 Å². The summed E-state index contributed by atoms with van der Waals surface area (Å²) < 4.78 is 1.35. The van der Waals surface area contributed by atoms with Gasteiger partial charge in [-0.3, -0.25) is 9.36 Å². The molecule has 0 amide bonds. The summed E-state index contributed by atoms with van der Waals surface area (Å²) in [6, 6.07) is 7.14. The van der Waals surface area contributed by atoms with E-state index in [9.17, 15) is 9.59 Å². The zero-order valence-corrected chi connectivity index (χ0v) is 12.7. The normalized spacial score (nSPS) is 15.5. The topological polar surface area (TPSA) is 66.9 Å². The van der Waals surface area contributed by atoms with Gasteiger partial charge < -0.3 is 10.3 Å². The van der Waals surface area contributed by atoms with E-state index in [2.05, 4.69) is 10.3 Å². The van der Waals surface area contributed by atoms with Crippen molar-refractivity contribution in [1.29, 1.82) is 0 Å². The molecular weight excluding hydrogens is 266 g/mol. The lowest BCUT2D eigenvalue weighted by Crippen LogP contribution is -2.39. The van der Waals surface area contributed by atoms with E-state index in [0.29, 0.717) is 23.4 Å². The summed E-state index contributed by atoms with van der Waals surface area (Å²) in [6.45, 7) is 6.44. The molecule has 0 radical (unpaired) electrons. The highest BCUT2D eigenvalue weighted by Crippen LogP contribution is 2.13. The highest BCUT2D eigenvalue weighted by Gasteiger charge is 2.16. The van der Waals surface area contributed by atoms with Gasteiger partial charge in [-0.2, -0.15) is 0 Å². The van der Waals surface area contributed by atoms with Crippen LogP contribution in [0.5, 0.6) is 0 Å². The van der Waals surface area contributed by atoms with Gasteiger partial charge in [0.2, 0.25) is 0 Å². The molecule has 1 aromatic heterocycles. The molecule has 0 aliphatic carbocycles. The first-order valence-electron chi connectivity index (χ1n) is 7.68. The fraction of sp³-hybridized carbons (Fsp3) is 0.500. The Morgan fingerprint density at radius 1 is 1.14 bits per heavy atom. The summed E-state index contributed by atoms with van der Waals surface area (Å²) in [5, 5.41) is 3.87. The van der Waals surface area contributed by atoms with Crippen molar-refractivity contribution < 1.29 is 0 Å². The molecule has 0 unspecified atom stereocenters. The lowest BCUT2D eigenvalue weighted by Gasteiger charge is -2.22. The van der Waals surface area contributed by atoms with Crippen molar-refractivity contribution in [3.8, 4) is 0 Å². The van der Waals surface area contributed by atoms with E-state index < -0.39 is 0 Å². The van der Waals surface area contributed by atoms with E-state index in [-0.39, 0.29) is 11.2 Å². The van der Waals surface area contributed by atoms with Crippen LogP contribution < -0.4 is 16.6 Å². The molecule has 3 rings (SSSR count). The van der Waals surface area contributed by atoms with E-state index in [4.69, 9.17) is 0 Å². The zero-order chi connectivity index (χ0) is 15.2. The van der Waals surface area contributed by atoms with E-state index in [1.165, 1.54) is 4.57 Å². The van der Waals surface area contributed by atoms with E-state index in [0.717, 1.165) is 25.9 Å². The second-order valence-electron chi connectivity index (χ2n) is 5.08. The number of aromatic nitrogens is 2. The van der Waals surface area contributed by atoms with E-state index >= 15 is 0 Å². The van der Waals surface area contributed by atoms with Crippen LogP contribution in [-0.4, -0.2) is 22.6 Å². The maximum Gasteiger partial charge on any atom is 0.328 e. The van der Waals surface area contributed by atoms with Crippen molar-refractivity contribution in [2.24, 2.45) is 5.92 Å². The lowest BCUT2D eigenvalue weighted by atomic mass is 9.98. The summed E-state index contributed by atoms with van der Waals surface area (Å²) >= 11 is 0. The van der Waals surface area contributed by atoms with Crippen LogP contribution in [0, 0.1) is 5.92 Å². The molecule has 1 aliphatic heterocycles. The molecule has 0 saturated carbocycles. The van der Waals surface area contributed by atoms with Crippen molar-refractivity contribution in [3.63, 3.8) is 0 Å². The van der Waals surface area contributed by atoms with Gasteiger partial charge in [0.25, 0.3) is 5.56 Å². The monoisotopic (exact) mass is 289 g/mol. The van der Waals surface area contributed by atoms with Crippen LogP contribution in [0.25, 0.3) is 10.9 Å². The second kappa shape index (κ2) is 7.22. The van der Waals surface area contributed by atoms with Crippen LogP contribution in [0.15, 0.2) is 33.9 Å². The third kappa shape index (κ3) is 3.42. The van der Waals surface area contributed by atoms with Crippen molar-refractivity contribution in [2.75, 3.05) is 13.1 Å². The van der Waals surface area contributed by atoms with Crippen molar-refractivity contribution >= 4 is 10.9 Å². The number of fused-ring (bicyclic) bond motifs is 1. The maximum atomic E-state index is 12.4. The number of rotatable bonds is 2. The van der Waals surface area contributed by atoms with Crippen molar-refractivity contribution in [3.05, 3.63) is 45.1 Å². The van der Waals surface area contributed by atoms with Crippen LogP contribution in [0.3, 0.4) is 0 Å². The average molecular weight is 289 g/mol. The molecule has 1 aromatic carbocycles. The number of para-hydroxylation sites is 1. The smallest absolute Gasteiger partial charge is 0.317 e. The molecule has 0 spiro atoms. The number of H-pyrrole nitrogens is 1. The molecule has 114 valence electrons. The Morgan fingerprint density at radius 2 is 1.81 bits per heavy atom. The summed E-state index contributed by atoms with van der Waals surface area (Å²) in [6.07, 6.45) is 2.03. The third-order valence-electron chi connectivity index (χ3n) is 3.79. The number of nitrogens with zero attached hydrogens (tertiary/aromatic N) is 1. The van der Waals surface area contributed by atoms with Gasteiger partial charge in [-0.1, -0.05) is 26.0 Å². The van der Waals surface area contributed by atoms with Crippen LogP contribution in [0.1, 0.15) is 26.7 Å². The summed E-state index contributed by atoms with van der Waals surface area (Å²) in [5.41, 5.74) is 0.124. The predicted octanol–water partition coefficient (Wildman–Crippen LogP) is 1.72. The predicted molar refractivity (Wildman–Crippen MR) is 85.8 cm³/mol. The SMILES string of the molecule is CC.O=c1[nH]c2ccccc2c(=O)n1CC1CCNCC1. The number of hydrogen-bond donors (Lipinski definition) is 2. The first-order chi connectivity index (χ1) is 10.3. The Kier molecular flexibility index (Phi) is 5.33. The molecule has 0 bridgehead atoms. The number of piperidine rings is 1. The fourth-order valence-electron chi connectivity index (χ4n) is 2.69. The van der Waals surface area contributed by atoms with Gasteiger partial charge in [0.15, 0.2) is 0 Å². The lowest BCUT2D eigenvalue weighted by molar-refractivity contribution is 0.325. The number of nitrogens with one attached hydrogen (secondary N) is 2. The summed E-state index contributed by atoms with van der Waals surface area (Å²) in [5.74, 6) is 0.404. The number of hydrogen-bond acceptors (Lipinski definition) is 3. The van der Waals surface area contributed by atoms with Gasteiger partial charge in [-0.25, -0.2) is 4.79 Å². The molecular formula is C16H23N3O2. The molecule has 1 aliphatic rings. The molecule has 5 nitrogen and oxygen atoms in total. The fourth-order valence-corrected chi connectivity index (χ4v) is 2.69. The van der Waals surface area contributed by atoms with E-state index in [1.54, 1.807) is 12.1 Å². The van der Waals surface area contributed by atoms with Crippen LogP contribution >= 0.6 is 0 Å². The minimum atomic E-state index is -0.303. The molecule has 2 aromatic rings. The Labute approximate surface area is 124 Å². The van der Waals surface area contributed by atoms with Crippen molar-refractivity contribution in [2.45, 2.75) is 33.2 Å². The van der Waals surface area contributed by atoms with Crippen LogP contribution in [0.2, 0.25) is 0 Å². The minimum Gasteiger partial charge on any atom is -0.317 e. The van der Waals surface area contributed by atoms with Crippen molar-refractivity contribution in [1.82, 2.24) is 14.9 Å². The summed E-state index contributed by atoms with van der Waals surface area (Å²) in [7, 11) is 0. The molecule has 21 heavy (non-hydrogen) atoms. The van der Waals surface area contributed by atoms with Crippen LogP contribution in [-0.2, 0) is 6.54 Å². The Bertz CT molecular complexity index is 696. The zero-order valence-electron chi connectivity index (χ0n) is 12.7. The maximum absolute atomic E-state index is 12.4. The Hall–Kier alpha value is -1.88. The van der Waals surface area contributed by atoms with Gasteiger partial charge in [-0.15, -0.1) is 0 Å². The highest BCUT2D eigenvalue weighted by molar-refractivity contribution is 5.76. The molecule has 1 fully saturated rings. The standard InChI is InChI=1S/C14H17N3O2.C2H6/c18-13-11-3-1-2-4-12(11)16-14(19)17(13)9-10-5-7-15-8-6-10;1-2/h1-4,10,15H,5-9H2,(H,16,19);1-2H3. The van der Waals surface area contributed by atoms with E-state index in [1.807, 2.05) is 26.0 Å².